The SMILES string of the molecule is CC(=O)/C=C/CNC(=O)C(C)(C)C. The van der Waals surface area contributed by atoms with Crippen molar-refractivity contribution < 1.29 is 9.59 Å². The second-order valence-corrected chi connectivity index (χ2v) is 3.97. The topological polar surface area (TPSA) is 46.2 Å². The first-order valence-corrected chi connectivity index (χ1v) is 4.29. The summed E-state index contributed by atoms with van der Waals surface area (Å²) in [5, 5.41) is 2.70. The molecule has 3 nitrogen and oxygen atoms in total. The first-order valence-electron chi connectivity index (χ1n) is 4.29. The van der Waals surface area contributed by atoms with Crippen LogP contribution in [0.15, 0.2) is 12.2 Å². The summed E-state index contributed by atoms with van der Waals surface area (Å²) in [5.41, 5.74) is -0.371. The zero-order valence-corrected chi connectivity index (χ0v) is 8.68. The first kappa shape index (κ1) is 11.9. The second kappa shape index (κ2) is 4.80. The Balaban J connectivity index is 3.79. The lowest BCUT2D eigenvalue weighted by atomic mass is 9.96. The Bertz CT molecular complexity index is 224. The van der Waals surface area contributed by atoms with Crippen LogP contribution in [0.25, 0.3) is 0 Å². The van der Waals surface area contributed by atoms with Crippen molar-refractivity contribution >= 4 is 11.7 Å². The Morgan fingerprint density at radius 1 is 1.31 bits per heavy atom. The third-order valence-electron chi connectivity index (χ3n) is 1.41. The van der Waals surface area contributed by atoms with Gasteiger partial charge in [0.25, 0.3) is 0 Å². The molecule has 74 valence electrons. The molecule has 13 heavy (non-hydrogen) atoms. The molecule has 1 N–H and O–H groups in total. The number of nitrogens with one attached hydrogen (secondary N) is 1. The number of amides is 1. The first-order chi connectivity index (χ1) is 5.84. The van der Waals surface area contributed by atoms with Crippen LogP contribution in [0.1, 0.15) is 27.7 Å². The Morgan fingerprint density at radius 2 is 1.85 bits per heavy atom. The molecule has 0 spiro atoms. The van der Waals surface area contributed by atoms with E-state index < -0.39 is 0 Å². The molecule has 0 rings (SSSR count). The molecule has 0 aromatic carbocycles. The Morgan fingerprint density at radius 3 is 2.23 bits per heavy atom. The number of hydrogen-bond donors (Lipinski definition) is 1. The summed E-state index contributed by atoms with van der Waals surface area (Å²) < 4.78 is 0. The van der Waals surface area contributed by atoms with Gasteiger partial charge in [0.15, 0.2) is 5.78 Å². The summed E-state index contributed by atoms with van der Waals surface area (Å²) >= 11 is 0. The van der Waals surface area contributed by atoms with Crippen molar-refractivity contribution in [3.63, 3.8) is 0 Å². The average Bonchev–Trinajstić information content (AvgIpc) is 1.95. The van der Waals surface area contributed by atoms with Gasteiger partial charge in [-0.15, -0.1) is 0 Å². The van der Waals surface area contributed by atoms with Crippen molar-refractivity contribution in [3.05, 3.63) is 12.2 Å². The number of rotatable bonds is 3. The summed E-state index contributed by atoms with van der Waals surface area (Å²) in [6, 6.07) is 0. The highest BCUT2D eigenvalue weighted by molar-refractivity contribution is 5.87. The molecule has 0 radical (unpaired) electrons. The molecule has 0 atom stereocenters. The number of carbonyl (C=O) groups excluding carboxylic acids is 2. The molecule has 0 aromatic heterocycles. The minimum atomic E-state index is -0.371. The number of allylic oxidation sites excluding steroid dienone is 1. The highest BCUT2D eigenvalue weighted by Gasteiger charge is 2.19. The maximum absolute atomic E-state index is 11.3. The van der Waals surface area contributed by atoms with Crippen molar-refractivity contribution in [1.82, 2.24) is 5.32 Å². The third-order valence-corrected chi connectivity index (χ3v) is 1.41. The monoisotopic (exact) mass is 183 g/mol. The lowest BCUT2D eigenvalue weighted by Crippen LogP contribution is -2.34. The van der Waals surface area contributed by atoms with Crippen LogP contribution >= 0.6 is 0 Å². The van der Waals surface area contributed by atoms with E-state index in [2.05, 4.69) is 5.32 Å². The molecular formula is C10H17NO2. The van der Waals surface area contributed by atoms with Gasteiger partial charge in [0.1, 0.15) is 0 Å². The average molecular weight is 183 g/mol. The molecule has 0 saturated carbocycles. The normalized spacial score (nSPS) is 11.7. The van der Waals surface area contributed by atoms with Crippen molar-refractivity contribution in [2.45, 2.75) is 27.7 Å². The summed E-state index contributed by atoms with van der Waals surface area (Å²) in [7, 11) is 0. The summed E-state index contributed by atoms with van der Waals surface area (Å²) in [4.78, 5) is 21.8. The van der Waals surface area contributed by atoms with E-state index in [0.29, 0.717) is 6.54 Å². The van der Waals surface area contributed by atoms with Gasteiger partial charge in [-0.1, -0.05) is 26.8 Å². The van der Waals surface area contributed by atoms with E-state index in [9.17, 15) is 9.59 Å². The quantitative estimate of drug-likeness (QED) is 0.670. The smallest absolute Gasteiger partial charge is 0.225 e. The molecule has 1 amide bonds. The number of ketones is 1. The predicted molar refractivity (Wildman–Crippen MR) is 52.3 cm³/mol. The van der Waals surface area contributed by atoms with Crippen molar-refractivity contribution in [2.24, 2.45) is 5.41 Å². The van der Waals surface area contributed by atoms with Gasteiger partial charge in [-0.2, -0.15) is 0 Å². The van der Waals surface area contributed by atoms with E-state index in [-0.39, 0.29) is 17.1 Å². The summed E-state index contributed by atoms with van der Waals surface area (Å²) in [5.74, 6) is -0.0225. The van der Waals surface area contributed by atoms with E-state index in [1.165, 1.54) is 13.0 Å². The molecule has 0 bridgehead atoms. The van der Waals surface area contributed by atoms with Crippen LogP contribution in [0, 0.1) is 5.41 Å². The minimum Gasteiger partial charge on any atom is -0.352 e. The van der Waals surface area contributed by atoms with Crippen LogP contribution in [-0.2, 0) is 9.59 Å². The fraction of sp³-hybridized carbons (Fsp3) is 0.600. The fourth-order valence-electron chi connectivity index (χ4n) is 0.642. The van der Waals surface area contributed by atoms with Gasteiger partial charge in [0, 0.05) is 12.0 Å². The van der Waals surface area contributed by atoms with E-state index in [1.807, 2.05) is 20.8 Å². The third kappa shape index (κ3) is 6.08. The molecule has 0 fully saturated rings. The molecule has 0 saturated heterocycles. The molecule has 0 unspecified atom stereocenters. The van der Waals surface area contributed by atoms with Gasteiger partial charge < -0.3 is 5.32 Å². The Labute approximate surface area is 79.2 Å². The minimum absolute atomic E-state index is 0.00925. The highest BCUT2D eigenvalue weighted by atomic mass is 16.2. The van der Waals surface area contributed by atoms with Gasteiger partial charge in [0.05, 0.1) is 0 Å². The second-order valence-electron chi connectivity index (χ2n) is 3.97. The van der Waals surface area contributed by atoms with Crippen LogP contribution in [0.5, 0.6) is 0 Å². The van der Waals surface area contributed by atoms with Crippen LogP contribution in [0.2, 0.25) is 0 Å². The van der Waals surface area contributed by atoms with Gasteiger partial charge in [0.2, 0.25) is 5.91 Å². The van der Waals surface area contributed by atoms with Crippen LogP contribution in [0.4, 0.5) is 0 Å². The van der Waals surface area contributed by atoms with Crippen LogP contribution < -0.4 is 5.32 Å². The van der Waals surface area contributed by atoms with Gasteiger partial charge in [-0.25, -0.2) is 0 Å². The van der Waals surface area contributed by atoms with Crippen LogP contribution in [-0.4, -0.2) is 18.2 Å². The summed E-state index contributed by atoms with van der Waals surface area (Å²) in [6.45, 7) is 7.42. The van der Waals surface area contributed by atoms with E-state index in [0.717, 1.165) is 0 Å². The molecular weight excluding hydrogens is 166 g/mol. The van der Waals surface area contributed by atoms with Crippen molar-refractivity contribution in [2.75, 3.05) is 6.54 Å². The maximum Gasteiger partial charge on any atom is 0.225 e. The standard InChI is InChI=1S/C10H17NO2/c1-8(12)6-5-7-11-9(13)10(2,3)4/h5-6H,7H2,1-4H3,(H,11,13)/b6-5+. The van der Waals surface area contributed by atoms with Gasteiger partial charge in [-0.3, -0.25) is 9.59 Å². The Kier molecular flexibility index (Phi) is 4.38. The fourth-order valence-corrected chi connectivity index (χ4v) is 0.642. The maximum atomic E-state index is 11.3. The van der Waals surface area contributed by atoms with E-state index in [1.54, 1.807) is 6.08 Å². The lowest BCUT2D eigenvalue weighted by molar-refractivity contribution is -0.128. The van der Waals surface area contributed by atoms with Crippen LogP contribution in [0.3, 0.4) is 0 Å². The summed E-state index contributed by atoms with van der Waals surface area (Å²) in [6.07, 6.45) is 3.09. The molecule has 0 aromatic rings. The molecule has 3 heteroatoms. The number of carbonyl (C=O) groups is 2. The lowest BCUT2D eigenvalue weighted by Gasteiger charge is -2.16. The zero-order chi connectivity index (χ0) is 10.5. The highest BCUT2D eigenvalue weighted by Crippen LogP contribution is 2.11. The largest absolute Gasteiger partial charge is 0.352 e. The van der Waals surface area contributed by atoms with E-state index in [4.69, 9.17) is 0 Å². The molecule has 0 aliphatic carbocycles. The Hall–Kier alpha value is -1.12. The number of hydrogen-bond acceptors (Lipinski definition) is 2. The predicted octanol–water partition coefficient (Wildman–Crippen LogP) is 1.29. The van der Waals surface area contributed by atoms with Gasteiger partial charge >= 0.3 is 0 Å². The molecule has 0 aliphatic rings. The molecule has 0 aliphatic heterocycles. The van der Waals surface area contributed by atoms with Gasteiger partial charge in [-0.05, 0) is 13.0 Å². The zero-order valence-electron chi connectivity index (χ0n) is 8.68. The van der Waals surface area contributed by atoms with E-state index >= 15 is 0 Å². The van der Waals surface area contributed by atoms with Crippen molar-refractivity contribution in [3.8, 4) is 0 Å². The van der Waals surface area contributed by atoms with Crippen molar-refractivity contribution in [1.29, 1.82) is 0 Å². The molecule has 0 heterocycles.